The topological polar surface area (TPSA) is 91.2 Å². The molecule has 1 aliphatic heterocycles. The number of aryl methyl sites for hydroxylation is 1. The second-order valence-electron chi connectivity index (χ2n) is 7.68. The molecule has 2 aromatic heterocycles. The van der Waals surface area contributed by atoms with Crippen molar-refractivity contribution in [1.82, 2.24) is 14.8 Å². The Labute approximate surface area is 163 Å². The summed E-state index contributed by atoms with van der Waals surface area (Å²) in [5, 5.41) is 16.2. The smallest absolute Gasteiger partial charge is 0.341 e. The molecular weight excluding hydrogens is 382 g/mol. The maximum atomic E-state index is 15.7. The lowest BCUT2D eigenvalue weighted by molar-refractivity contribution is 0.0695. The summed E-state index contributed by atoms with van der Waals surface area (Å²) in [6, 6.07) is 0.882. The number of hydrogen-bond acceptors (Lipinski definition) is 4. The number of aromatic amines is 1. The first-order chi connectivity index (χ1) is 13.9. The Morgan fingerprint density at radius 3 is 2.79 bits per heavy atom. The zero-order chi connectivity index (χ0) is 20.4. The van der Waals surface area contributed by atoms with Gasteiger partial charge in [-0.15, -0.1) is 0 Å². The lowest BCUT2D eigenvalue weighted by atomic mass is 10.0. The summed E-state index contributed by atoms with van der Waals surface area (Å²) < 4.78 is 32.2. The summed E-state index contributed by atoms with van der Waals surface area (Å²) in [4.78, 5) is 25.6. The van der Waals surface area contributed by atoms with Crippen LogP contribution in [0.4, 0.5) is 14.5 Å². The van der Waals surface area contributed by atoms with Gasteiger partial charge in [0.1, 0.15) is 17.1 Å². The Kier molecular flexibility index (Phi) is 3.77. The molecule has 150 valence electrons. The largest absolute Gasteiger partial charge is 0.477 e. The first-order valence-electron chi connectivity index (χ1n) is 9.44. The summed E-state index contributed by atoms with van der Waals surface area (Å²) in [6.45, 7) is 2.55. The third kappa shape index (κ3) is 2.64. The van der Waals surface area contributed by atoms with Gasteiger partial charge in [-0.1, -0.05) is 0 Å². The van der Waals surface area contributed by atoms with E-state index in [-0.39, 0.29) is 22.6 Å². The summed E-state index contributed by atoms with van der Waals surface area (Å²) >= 11 is 0. The number of anilines is 1. The van der Waals surface area contributed by atoms with Crippen molar-refractivity contribution >= 4 is 22.6 Å². The molecule has 3 heterocycles. The molecule has 29 heavy (non-hydrogen) atoms. The molecule has 3 aromatic rings. The zero-order valence-electron chi connectivity index (χ0n) is 15.6. The number of hydrogen-bond donors (Lipinski definition) is 2. The molecule has 0 saturated heterocycles. The van der Waals surface area contributed by atoms with Crippen LogP contribution in [0.3, 0.4) is 0 Å². The molecule has 1 saturated carbocycles. The predicted molar refractivity (Wildman–Crippen MR) is 101 cm³/mol. The van der Waals surface area contributed by atoms with Crippen LogP contribution in [0.5, 0.6) is 0 Å². The van der Waals surface area contributed by atoms with E-state index in [1.807, 2.05) is 6.92 Å². The van der Waals surface area contributed by atoms with Gasteiger partial charge < -0.3 is 14.6 Å². The molecular formula is C20H18F2N4O3. The summed E-state index contributed by atoms with van der Waals surface area (Å²) in [5.74, 6) is -3.11. The molecule has 2 aliphatic rings. The van der Waals surface area contributed by atoms with E-state index < -0.39 is 28.6 Å². The summed E-state index contributed by atoms with van der Waals surface area (Å²) in [5.41, 5.74) is 1.08. The van der Waals surface area contributed by atoms with Crippen molar-refractivity contribution in [2.24, 2.45) is 0 Å². The fourth-order valence-corrected chi connectivity index (χ4v) is 4.14. The van der Waals surface area contributed by atoms with Crippen molar-refractivity contribution in [2.45, 2.75) is 38.8 Å². The van der Waals surface area contributed by atoms with Gasteiger partial charge in [0.05, 0.1) is 16.6 Å². The van der Waals surface area contributed by atoms with Gasteiger partial charge >= 0.3 is 5.97 Å². The number of carbonyl (C=O) groups is 1. The van der Waals surface area contributed by atoms with Gasteiger partial charge in [-0.05, 0) is 25.8 Å². The number of carboxylic acid groups (broad SMARTS) is 1. The van der Waals surface area contributed by atoms with Crippen LogP contribution in [0.2, 0.25) is 0 Å². The monoisotopic (exact) mass is 400 g/mol. The Balaban J connectivity index is 1.73. The highest BCUT2D eigenvalue weighted by Gasteiger charge is 2.32. The Hall–Kier alpha value is -3.23. The molecule has 0 amide bonds. The first kappa shape index (κ1) is 17.8. The molecule has 7 nitrogen and oxygen atoms in total. The third-order valence-electron chi connectivity index (χ3n) is 5.80. The van der Waals surface area contributed by atoms with Gasteiger partial charge in [0.15, 0.2) is 5.82 Å². The van der Waals surface area contributed by atoms with Crippen LogP contribution in [-0.4, -0.2) is 32.4 Å². The van der Waals surface area contributed by atoms with E-state index >= 15 is 8.78 Å². The van der Waals surface area contributed by atoms with E-state index in [1.165, 1.54) is 10.8 Å². The van der Waals surface area contributed by atoms with Crippen molar-refractivity contribution in [3.63, 3.8) is 0 Å². The van der Waals surface area contributed by atoms with Crippen LogP contribution in [-0.2, 0) is 13.0 Å². The quantitative estimate of drug-likeness (QED) is 0.706. The fourth-order valence-electron chi connectivity index (χ4n) is 4.14. The van der Waals surface area contributed by atoms with Gasteiger partial charge in [0, 0.05) is 43.0 Å². The van der Waals surface area contributed by atoms with Crippen molar-refractivity contribution in [3.8, 4) is 0 Å². The lowest BCUT2D eigenvalue weighted by Gasteiger charge is -2.30. The van der Waals surface area contributed by atoms with Crippen molar-refractivity contribution in [1.29, 1.82) is 0 Å². The number of pyridine rings is 1. The van der Waals surface area contributed by atoms with Crippen molar-refractivity contribution < 1.29 is 18.7 Å². The molecule has 0 atom stereocenters. The van der Waals surface area contributed by atoms with E-state index in [2.05, 4.69) is 10.2 Å². The van der Waals surface area contributed by atoms with Crippen molar-refractivity contribution in [2.75, 3.05) is 11.4 Å². The predicted octanol–water partition coefficient (Wildman–Crippen LogP) is 2.91. The van der Waals surface area contributed by atoms with Crippen LogP contribution < -0.4 is 10.3 Å². The highest BCUT2D eigenvalue weighted by Crippen LogP contribution is 2.40. The average Bonchev–Trinajstić information content (AvgIpc) is 3.46. The minimum atomic E-state index is -1.41. The molecule has 0 bridgehead atoms. The highest BCUT2D eigenvalue weighted by atomic mass is 19.1. The second kappa shape index (κ2) is 6.13. The SMILES string of the molecule is Cc1[nH]nc2c1CN(c1c(F)cc3c(=O)c(C(=O)O)cn(C4CC4)c3c1F)CC2. The molecule has 1 aromatic carbocycles. The first-order valence-corrected chi connectivity index (χ1v) is 9.44. The molecule has 1 fully saturated rings. The van der Waals surface area contributed by atoms with Crippen LogP contribution in [0.15, 0.2) is 17.1 Å². The maximum absolute atomic E-state index is 15.7. The number of H-pyrrole nitrogens is 1. The van der Waals surface area contributed by atoms with Crippen molar-refractivity contribution in [3.05, 3.63) is 56.6 Å². The maximum Gasteiger partial charge on any atom is 0.341 e. The number of benzene rings is 1. The van der Waals surface area contributed by atoms with Crippen LogP contribution in [0, 0.1) is 18.6 Å². The van der Waals surface area contributed by atoms with Gasteiger partial charge in [0.2, 0.25) is 5.43 Å². The molecule has 5 rings (SSSR count). The molecule has 0 unspecified atom stereocenters. The number of fused-ring (bicyclic) bond motifs is 2. The van der Waals surface area contributed by atoms with E-state index in [0.29, 0.717) is 19.5 Å². The number of halogens is 2. The lowest BCUT2D eigenvalue weighted by Crippen LogP contribution is -2.32. The second-order valence-corrected chi connectivity index (χ2v) is 7.68. The number of aromatic carboxylic acids is 1. The summed E-state index contributed by atoms with van der Waals surface area (Å²) in [7, 11) is 0. The van der Waals surface area contributed by atoms with E-state index in [4.69, 9.17) is 0 Å². The number of nitrogens with one attached hydrogen (secondary N) is 1. The number of nitrogens with zero attached hydrogens (tertiary/aromatic N) is 3. The minimum absolute atomic E-state index is 0.0337. The minimum Gasteiger partial charge on any atom is -0.477 e. The van der Waals surface area contributed by atoms with E-state index in [9.17, 15) is 14.7 Å². The van der Waals surface area contributed by atoms with Gasteiger partial charge in [0.25, 0.3) is 0 Å². The van der Waals surface area contributed by atoms with Crippen LogP contribution in [0.25, 0.3) is 10.9 Å². The molecule has 9 heteroatoms. The number of aromatic nitrogens is 3. The molecule has 0 spiro atoms. The van der Waals surface area contributed by atoms with Crippen LogP contribution >= 0.6 is 0 Å². The van der Waals surface area contributed by atoms with Gasteiger partial charge in [-0.25, -0.2) is 13.6 Å². The molecule has 0 radical (unpaired) electrons. The summed E-state index contributed by atoms with van der Waals surface area (Å²) in [6.07, 6.45) is 3.24. The standard InChI is InChI=1S/C20H18F2N4O3/c1-9-12-7-25(5-4-15(12)24-23-9)18-14(21)6-11-17(16(18)22)26(10-2-3-10)8-13(19(11)27)20(28)29/h6,8,10H,2-5,7H2,1H3,(H,23,24)(H,28,29). The van der Waals surface area contributed by atoms with E-state index in [0.717, 1.165) is 35.9 Å². The normalized spacial score (nSPS) is 16.3. The molecule has 2 N–H and O–H groups in total. The number of carboxylic acids is 1. The van der Waals surface area contributed by atoms with Gasteiger partial charge in [-0.2, -0.15) is 5.10 Å². The average molecular weight is 400 g/mol. The highest BCUT2D eigenvalue weighted by molar-refractivity contribution is 5.94. The molecule has 1 aliphatic carbocycles. The number of rotatable bonds is 3. The third-order valence-corrected chi connectivity index (χ3v) is 5.80. The Morgan fingerprint density at radius 1 is 1.34 bits per heavy atom. The van der Waals surface area contributed by atoms with E-state index in [1.54, 1.807) is 4.90 Å². The zero-order valence-corrected chi connectivity index (χ0v) is 15.6. The van der Waals surface area contributed by atoms with Gasteiger partial charge in [-0.3, -0.25) is 9.89 Å². The Bertz CT molecular complexity index is 1240. The Morgan fingerprint density at radius 2 is 2.10 bits per heavy atom. The fraction of sp³-hybridized carbons (Fsp3) is 0.350. The van der Waals surface area contributed by atoms with Crippen LogP contribution in [0.1, 0.15) is 46.2 Å².